The molecule has 0 aliphatic heterocycles. The first-order valence-electron chi connectivity index (χ1n) is 13.4. The maximum atomic E-state index is 12.7. The molecule has 0 unspecified atom stereocenters. The van der Waals surface area contributed by atoms with Crippen molar-refractivity contribution < 1.29 is 9.90 Å². The van der Waals surface area contributed by atoms with Gasteiger partial charge in [0.05, 0.1) is 22.7 Å². The lowest BCUT2D eigenvalue weighted by molar-refractivity contribution is 0.103. The van der Waals surface area contributed by atoms with Crippen molar-refractivity contribution in [3.63, 3.8) is 0 Å². The van der Waals surface area contributed by atoms with Crippen LogP contribution in [-0.4, -0.2) is 39.8 Å². The third-order valence-electron chi connectivity index (χ3n) is 7.20. The fraction of sp³-hybridized carbons (Fsp3) is 0.258. The summed E-state index contributed by atoms with van der Waals surface area (Å²) in [4.78, 5) is 61.4. The number of carbonyl (C=O) groups excluding carboxylic acids is 1. The van der Waals surface area contributed by atoms with E-state index >= 15 is 0 Å². The molecule has 1 atom stereocenters. The number of benzene rings is 2. The summed E-state index contributed by atoms with van der Waals surface area (Å²) in [5.74, 6) is -0.378. The van der Waals surface area contributed by atoms with Gasteiger partial charge < -0.3 is 9.67 Å². The lowest BCUT2D eigenvalue weighted by atomic mass is 10.0. The van der Waals surface area contributed by atoms with Crippen LogP contribution in [0.3, 0.4) is 0 Å². The second kappa shape index (κ2) is 12.8. The van der Waals surface area contributed by atoms with Crippen LogP contribution in [0.25, 0.3) is 22.2 Å². The third-order valence-corrected chi connectivity index (χ3v) is 7.73. The largest absolute Gasteiger partial charge is 0.392 e. The van der Waals surface area contributed by atoms with E-state index in [1.54, 1.807) is 57.5 Å². The number of fused-ring (bicyclic) bond motifs is 1. The highest BCUT2D eigenvalue weighted by atomic mass is 79.9. The van der Waals surface area contributed by atoms with E-state index in [-0.39, 0.29) is 27.9 Å². The minimum Gasteiger partial charge on any atom is -0.392 e. The zero-order chi connectivity index (χ0) is 31.6. The summed E-state index contributed by atoms with van der Waals surface area (Å²) in [5.41, 5.74) is 1.28. The number of aliphatic hydroxyl groups excluding tert-OH is 1. The average molecular weight is 651 g/mol. The third kappa shape index (κ3) is 5.88. The molecule has 12 heteroatoms. The summed E-state index contributed by atoms with van der Waals surface area (Å²) in [7, 11) is 6.03. The molecule has 3 aromatic heterocycles. The molecule has 3 heterocycles. The fourth-order valence-corrected chi connectivity index (χ4v) is 5.59. The molecule has 0 bridgehead atoms. The van der Waals surface area contributed by atoms with Crippen LogP contribution in [0.15, 0.2) is 86.0 Å². The Morgan fingerprint density at radius 1 is 0.791 bits per heavy atom. The number of aliphatic hydroxyl groups is 1. The predicted octanol–water partition coefficient (Wildman–Crippen LogP) is 2.30. The highest BCUT2D eigenvalue weighted by Gasteiger charge is 2.22. The Labute approximate surface area is 254 Å². The maximum Gasteiger partial charge on any atom is 0.330 e. The van der Waals surface area contributed by atoms with Crippen molar-refractivity contribution in [3.05, 3.63) is 125 Å². The van der Waals surface area contributed by atoms with E-state index in [9.17, 15) is 29.1 Å². The molecule has 0 amide bonds. The monoisotopic (exact) mass is 649 g/mol. The predicted molar refractivity (Wildman–Crippen MR) is 169 cm³/mol. The molecule has 0 saturated carbocycles. The quantitative estimate of drug-likeness (QED) is 0.222. The van der Waals surface area contributed by atoms with Crippen LogP contribution in [0.5, 0.6) is 0 Å². The smallest absolute Gasteiger partial charge is 0.330 e. The molecule has 5 aromatic rings. The fourth-order valence-electron chi connectivity index (χ4n) is 4.93. The van der Waals surface area contributed by atoms with Crippen LogP contribution >= 0.6 is 15.9 Å². The molecule has 224 valence electrons. The highest BCUT2D eigenvalue weighted by molar-refractivity contribution is 9.08. The lowest BCUT2D eigenvalue weighted by Gasteiger charge is -2.12. The van der Waals surface area contributed by atoms with Gasteiger partial charge >= 0.3 is 11.4 Å². The molecule has 0 saturated heterocycles. The van der Waals surface area contributed by atoms with E-state index in [0.717, 1.165) is 20.4 Å². The number of hydrogen-bond donors (Lipinski definition) is 1. The van der Waals surface area contributed by atoms with Gasteiger partial charge in [0.2, 0.25) is 0 Å². The van der Waals surface area contributed by atoms with Crippen molar-refractivity contribution in [1.82, 2.24) is 22.8 Å². The van der Waals surface area contributed by atoms with Crippen molar-refractivity contribution in [2.45, 2.75) is 24.9 Å². The molecule has 0 spiro atoms. The van der Waals surface area contributed by atoms with E-state index in [4.69, 9.17) is 0 Å². The van der Waals surface area contributed by atoms with E-state index < -0.39 is 17.4 Å². The molecular formula is C31H32BrN5O6. The van der Waals surface area contributed by atoms with Crippen LogP contribution in [-0.2, 0) is 40.1 Å². The SMILES string of the molecule is C[C@@H](O)Cn1cc2c(c1-c1ccccc1)c(=O)n(C)c(=O)n2C.Cn1c(CBr)c(C(=O)c2ccccc2)c(=O)n(C)c1=O. The van der Waals surface area contributed by atoms with Gasteiger partial charge in [-0.1, -0.05) is 76.6 Å². The summed E-state index contributed by atoms with van der Waals surface area (Å²) in [5, 5.41) is 10.5. The Morgan fingerprint density at radius 2 is 1.33 bits per heavy atom. The number of halogens is 1. The molecule has 1 N–H and O–H groups in total. The minimum absolute atomic E-state index is 0.0256. The first kappa shape index (κ1) is 31.4. The maximum absolute atomic E-state index is 12.7. The Kier molecular flexibility index (Phi) is 9.31. The molecule has 0 aliphatic rings. The van der Waals surface area contributed by atoms with Crippen molar-refractivity contribution >= 4 is 32.6 Å². The number of hydrogen-bond acceptors (Lipinski definition) is 6. The standard InChI is InChI=1S/C17H19N3O3.C14H13BrN2O3/c1-11(21)9-20-10-13-14(15(20)12-7-5-4-6-8-12)16(22)19(3)17(23)18(13)2;1-16-10(8-15)11(13(19)17(2)14(16)20)12(18)9-6-4-3-5-7-9/h4-8,10-11,21H,9H2,1-3H3;3-7H,8H2,1-2H3/t11-;/m1./s1. The van der Waals surface area contributed by atoms with Gasteiger partial charge in [-0.05, 0) is 12.5 Å². The Hall–Kier alpha value is -4.55. The second-order valence-corrected chi connectivity index (χ2v) is 10.7. The molecule has 0 aliphatic carbocycles. The van der Waals surface area contributed by atoms with Gasteiger partial charge in [0.25, 0.3) is 11.1 Å². The average Bonchev–Trinajstić information content (AvgIpc) is 3.39. The second-order valence-electron chi connectivity index (χ2n) is 10.2. The first-order chi connectivity index (χ1) is 20.4. The number of aromatic nitrogens is 5. The topological polar surface area (TPSA) is 130 Å². The summed E-state index contributed by atoms with van der Waals surface area (Å²) >= 11 is 3.23. The normalized spacial score (nSPS) is 11.7. The molecule has 5 rings (SSSR count). The first-order valence-corrected chi connectivity index (χ1v) is 14.5. The summed E-state index contributed by atoms with van der Waals surface area (Å²) in [6.07, 6.45) is 1.19. The van der Waals surface area contributed by atoms with Gasteiger partial charge in [-0.3, -0.25) is 32.7 Å². The molecule has 11 nitrogen and oxygen atoms in total. The van der Waals surface area contributed by atoms with Crippen molar-refractivity contribution in [3.8, 4) is 11.3 Å². The zero-order valence-corrected chi connectivity index (χ0v) is 26.0. The number of rotatable bonds is 6. The molecule has 0 fully saturated rings. The minimum atomic E-state index is -0.573. The van der Waals surface area contributed by atoms with Crippen LogP contribution in [0.1, 0.15) is 28.5 Å². The van der Waals surface area contributed by atoms with E-state index in [1.807, 2.05) is 34.9 Å². The molecule has 43 heavy (non-hydrogen) atoms. The van der Waals surface area contributed by atoms with Gasteiger partial charge in [-0.15, -0.1) is 0 Å². The van der Waals surface area contributed by atoms with Gasteiger partial charge in [-0.2, -0.15) is 0 Å². The van der Waals surface area contributed by atoms with Crippen LogP contribution < -0.4 is 22.5 Å². The lowest BCUT2D eigenvalue weighted by Crippen LogP contribution is -2.42. The van der Waals surface area contributed by atoms with Gasteiger partial charge in [-0.25, -0.2) is 9.59 Å². The van der Waals surface area contributed by atoms with Crippen LogP contribution in [0.4, 0.5) is 0 Å². The highest BCUT2D eigenvalue weighted by Crippen LogP contribution is 2.28. The number of aryl methyl sites for hydroxylation is 1. The number of alkyl halides is 1. The Morgan fingerprint density at radius 3 is 1.88 bits per heavy atom. The Bertz CT molecular complexity index is 2050. The molecular weight excluding hydrogens is 618 g/mol. The zero-order valence-electron chi connectivity index (χ0n) is 24.4. The van der Waals surface area contributed by atoms with Gasteiger partial charge in [0, 0.05) is 57.5 Å². The number of carbonyl (C=O) groups is 1. The van der Waals surface area contributed by atoms with Gasteiger partial charge in [0.1, 0.15) is 5.56 Å². The van der Waals surface area contributed by atoms with Crippen molar-refractivity contribution in [2.24, 2.45) is 28.2 Å². The summed E-state index contributed by atoms with van der Waals surface area (Å²) < 4.78 is 6.67. The van der Waals surface area contributed by atoms with Crippen molar-refractivity contribution in [2.75, 3.05) is 0 Å². The van der Waals surface area contributed by atoms with Crippen LogP contribution in [0.2, 0.25) is 0 Å². The Balaban J connectivity index is 0.000000199. The van der Waals surface area contributed by atoms with Crippen molar-refractivity contribution in [1.29, 1.82) is 0 Å². The number of nitrogens with zero attached hydrogens (tertiary/aromatic N) is 5. The summed E-state index contributed by atoms with van der Waals surface area (Å²) in [6, 6.07) is 18.1. The summed E-state index contributed by atoms with van der Waals surface area (Å²) in [6.45, 7) is 2.03. The molecule has 0 radical (unpaired) electrons. The molecule has 2 aromatic carbocycles. The van der Waals surface area contributed by atoms with E-state index in [1.165, 1.54) is 23.2 Å². The van der Waals surface area contributed by atoms with Gasteiger partial charge in [0.15, 0.2) is 5.78 Å². The van der Waals surface area contributed by atoms with E-state index in [2.05, 4.69) is 15.9 Å². The van der Waals surface area contributed by atoms with Crippen LogP contribution in [0, 0.1) is 0 Å². The van der Waals surface area contributed by atoms with E-state index in [0.29, 0.717) is 28.7 Å². The number of ketones is 1.